The number of esters is 1. The fourth-order valence-electron chi connectivity index (χ4n) is 1.33. The van der Waals surface area contributed by atoms with E-state index in [4.69, 9.17) is 9.47 Å². The molecule has 4 heteroatoms. The number of ether oxygens (including phenoxy) is 2. The van der Waals surface area contributed by atoms with Crippen molar-refractivity contribution in [3.8, 4) is 11.5 Å². The summed E-state index contributed by atoms with van der Waals surface area (Å²) in [6.45, 7) is 5.34. The van der Waals surface area contributed by atoms with Crippen LogP contribution in [0.25, 0.3) is 0 Å². The van der Waals surface area contributed by atoms with Crippen molar-refractivity contribution < 1.29 is 14.3 Å². The summed E-state index contributed by atoms with van der Waals surface area (Å²) < 4.78 is 11.2. The van der Waals surface area contributed by atoms with Gasteiger partial charge in [0.15, 0.2) is 11.5 Å². The lowest BCUT2D eigenvalue weighted by Gasteiger charge is -2.13. The Kier molecular flexibility index (Phi) is 4.55. The van der Waals surface area contributed by atoms with Crippen molar-refractivity contribution in [2.24, 2.45) is 0 Å². The van der Waals surface area contributed by atoms with Crippen LogP contribution in [0.1, 0.15) is 12.5 Å². The van der Waals surface area contributed by atoms with Crippen LogP contribution in [-0.4, -0.2) is 13.1 Å². The Morgan fingerprint density at radius 3 is 2.75 bits per heavy atom. The number of halogens is 1. The van der Waals surface area contributed by atoms with Gasteiger partial charge in [-0.15, -0.1) is 0 Å². The molecule has 0 heterocycles. The highest BCUT2D eigenvalue weighted by Gasteiger charge is 2.15. The zero-order chi connectivity index (χ0) is 12.1. The molecule has 16 heavy (non-hydrogen) atoms. The summed E-state index contributed by atoms with van der Waals surface area (Å²) in [6, 6.07) is 3.61. The Bertz CT molecular complexity index is 413. The molecule has 1 aromatic rings. The van der Waals surface area contributed by atoms with Crippen LogP contribution in [0.3, 0.4) is 0 Å². The Morgan fingerprint density at radius 2 is 2.25 bits per heavy atom. The largest absolute Gasteiger partial charge is 0.493 e. The van der Waals surface area contributed by atoms with Gasteiger partial charge in [-0.2, -0.15) is 0 Å². The van der Waals surface area contributed by atoms with Crippen LogP contribution >= 0.6 is 15.9 Å². The molecule has 86 valence electrons. The lowest BCUT2D eigenvalue weighted by molar-refractivity contribution is -0.129. The number of carbonyl (C=O) groups excluding carboxylic acids is 1. The molecule has 0 saturated heterocycles. The van der Waals surface area contributed by atoms with E-state index in [0.717, 1.165) is 22.5 Å². The lowest BCUT2D eigenvalue weighted by atomic mass is 10.1. The monoisotopic (exact) mass is 284 g/mol. The lowest BCUT2D eigenvalue weighted by Crippen LogP contribution is -2.07. The normalized spacial score (nSPS) is 9.69. The van der Waals surface area contributed by atoms with Crippen molar-refractivity contribution in [3.05, 3.63) is 34.8 Å². The van der Waals surface area contributed by atoms with Gasteiger partial charge in [0.25, 0.3) is 0 Å². The van der Waals surface area contributed by atoms with Crippen molar-refractivity contribution in [2.45, 2.75) is 13.3 Å². The molecule has 1 rings (SSSR count). The molecule has 0 aliphatic rings. The molecule has 0 aromatic heterocycles. The molecule has 0 fully saturated rings. The topological polar surface area (TPSA) is 35.5 Å². The average molecular weight is 285 g/mol. The van der Waals surface area contributed by atoms with Crippen LogP contribution in [0, 0.1) is 0 Å². The van der Waals surface area contributed by atoms with E-state index in [1.807, 2.05) is 13.0 Å². The minimum Gasteiger partial charge on any atom is -0.493 e. The number of rotatable bonds is 4. The third kappa shape index (κ3) is 2.64. The van der Waals surface area contributed by atoms with Crippen molar-refractivity contribution >= 4 is 21.9 Å². The van der Waals surface area contributed by atoms with Gasteiger partial charge in [0, 0.05) is 16.1 Å². The van der Waals surface area contributed by atoms with Crippen molar-refractivity contribution in [2.75, 3.05) is 7.11 Å². The smallest absolute Gasteiger partial charge is 0.335 e. The molecule has 0 atom stereocenters. The van der Waals surface area contributed by atoms with E-state index in [2.05, 4.69) is 22.5 Å². The summed E-state index contributed by atoms with van der Waals surface area (Å²) >= 11 is 3.41. The Morgan fingerprint density at radius 1 is 1.56 bits per heavy atom. The zero-order valence-electron chi connectivity index (χ0n) is 9.25. The molecule has 0 bridgehead atoms. The predicted molar refractivity (Wildman–Crippen MR) is 65.9 cm³/mol. The van der Waals surface area contributed by atoms with E-state index < -0.39 is 5.97 Å². The Hall–Kier alpha value is -1.29. The first-order valence-electron chi connectivity index (χ1n) is 4.83. The standard InChI is InChI=1S/C12H13BrO3/c1-4-8-9(13)6-7-10(15-3)12(8)16-11(14)5-2/h5-7H,2,4H2,1,3H3. The molecule has 0 aliphatic heterocycles. The van der Waals surface area contributed by atoms with Gasteiger partial charge in [-0.25, -0.2) is 4.79 Å². The molecule has 0 radical (unpaired) electrons. The highest BCUT2D eigenvalue weighted by molar-refractivity contribution is 9.10. The Labute approximate surface area is 103 Å². The van der Waals surface area contributed by atoms with Crippen LogP contribution in [-0.2, 0) is 11.2 Å². The van der Waals surface area contributed by atoms with Gasteiger partial charge in [0.05, 0.1) is 7.11 Å². The second kappa shape index (κ2) is 5.70. The number of benzene rings is 1. The fourth-order valence-corrected chi connectivity index (χ4v) is 1.92. The summed E-state index contributed by atoms with van der Waals surface area (Å²) in [5.74, 6) is 0.491. The summed E-state index contributed by atoms with van der Waals surface area (Å²) in [6.07, 6.45) is 1.86. The molecular weight excluding hydrogens is 272 g/mol. The maximum absolute atomic E-state index is 11.2. The van der Waals surface area contributed by atoms with Crippen molar-refractivity contribution in [3.63, 3.8) is 0 Å². The fraction of sp³-hybridized carbons (Fsp3) is 0.250. The van der Waals surface area contributed by atoms with Crippen LogP contribution in [0.15, 0.2) is 29.3 Å². The highest BCUT2D eigenvalue weighted by atomic mass is 79.9. The van der Waals surface area contributed by atoms with Gasteiger partial charge in [-0.1, -0.05) is 29.4 Å². The first kappa shape index (κ1) is 12.8. The van der Waals surface area contributed by atoms with E-state index in [1.54, 1.807) is 6.07 Å². The number of methoxy groups -OCH3 is 1. The SMILES string of the molecule is C=CC(=O)Oc1c(OC)ccc(Br)c1CC. The second-order valence-electron chi connectivity index (χ2n) is 3.04. The van der Waals surface area contributed by atoms with Gasteiger partial charge in [0.2, 0.25) is 0 Å². The van der Waals surface area contributed by atoms with E-state index >= 15 is 0 Å². The first-order valence-corrected chi connectivity index (χ1v) is 5.62. The zero-order valence-corrected chi connectivity index (χ0v) is 10.8. The van der Waals surface area contributed by atoms with Gasteiger partial charge < -0.3 is 9.47 Å². The summed E-state index contributed by atoms with van der Waals surface area (Å²) in [7, 11) is 1.54. The van der Waals surface area contributed by atoms with Gasteiger partial charge in [-0.3, -0.25) is 0 Å². The van der Waals surface area contributed by atoms with Crippen molar-refractivity contribution in [1.82, 2.24) is 0 Å². The van der Waals surface area contributed by atoms with E-state index in [-0.39, 0.29) is 0 Å². The Balaban J connectivity index is 3.24. The van der Waals surface area contributed by atoms with Crippen LogP contribution in [0.2, 0.25) is 0 Å². The minimum atomic E-state index is -0.494. The quantitative estimate of drug-likeness (QED) is 0.484. The molecule has 1 aromatic carbocycles. The maximum atomic E-state index is 11.2. The molecule has 0 N–H and O–H groups in total. The number of hydrogen-bond acceptors (Lipinski definition) is 3. The molecule has 0 spiro atoms. The molecule has 0 saturated carbocycles. The van der Waals surface area contributed by atoms with Gasteiger partial charge in [0.1, 0.15) is 0 Å². The number of carbonyl (C=O) groups is 1. The van der Waals surface area contributed by atoms with Gasteiger partial charge in [-0.05, 0) is 18.6 Å². The number of hydrogen-bond donors (Lipinski definition) is 0. The minimum absolute atomic E-state index is 0.448. The molecule has 0 aliphatic carbocycles. The van der Waals surface area contributed by atoms with E-state index in [1.165, 1.54) is 7.11 Å². The summed E-state index contributed by atoms with van der Waals surface area (Å²) in [4.78, 5) is 11.2. The highest BCUT2D eigenvalue weighted by Crippen LogP contribution is 2.36. The van der Waals surface area contributed by atoms with Crippen LogP contribution in [0.5, 0.6) is 11.5 Å². The van der Waals surface area contributed by atoms with Crippen LogP contribution < -0.4 is 9.47 Å². The third-order valence-corrected chi connectivity index (χ3v) is 2.85. The average Bonchev–Trinajstić information content (AvgIpc) is 2.29. The third-order valence-electron chi connectivity index (χ3n) is 2.11. The maximum Gasteiger partial charge on any atom is 0.335 e. The molecular formula is C12H13BrO3. The molecule has 0 amide bonds. The van der Waals surface area contributed by atoms with E-state index in [9.17, 15) is 4.79 Å². The van der Waals surface area contributed by atoms with Crippen LogP contribution in [0.4, 0.5) is 0 Å². The molecule has 0 unspecified atom stereocenters. The summed E-state index contributed by atoms with van der Waals surface area (Å²) in [5, 5.41) is 0. The second-order valence-corrected chi connectivity index (χ2v) is 3.89. The first-order chi connectivity index (χ1) is 7.63. The van der Waals surface area contributed by atoms with Crippen molar-refractivity contribution in [1.29, 1.82) is 0 Å². The summed E-state index contributed by atoms with van der Waals surface area (Å²) in [5.41, 5.74) is 0.898. The molecule has 3 nitrogen and oxygen atoms in total. The van der Waals surface area contributed by atoms with Gasteiger partial charge >= 0.3 is 5.97 Å². The predicted octanol–water partition coefficient (Wildman–Crippen LogP) is 3.11. The van der Waals surface area contributed by atoms with E-state index in [0.29, 0.717) is 11.5 Å².